The Labute approximate surface area is 117 Å². The van der Waals surface area contributed by atoms with Gasteiger partial charge in [-0.05, 0) is 38.0 Å². The highest BCUT2D eigenvalue weighted by Gasteiger charge is 2.46. The minimum Gasteiger partial charge on any atom is -0.467 e. The van der Waals surface area contributed by atoms with Crippen molar-refractivity contribution in [2.75, 3.05) is 7.05 Å². The van der Waals surface area contributed by atoms with Gasteiger partial charge in [-0.2, -0.15) is 5.10 Å². The average molecular weight is 279 g/mol. The molecule has 100 valence electrons. The minimum atomic E-state index is -0.333. The van der Waals surface area contributed by atoms with Gasteiger partial charge in [0.05, 0.1) is 11.3 Å². The average Bonchev–Trinajstić information content (AvgIpc) is 2.62. The van der Waals surface area contributed by atoms with Crippen LogP contribution in [0.2, 0.25) is 5.02 Å². The number of carbonyl (C=O) groups excluding carboxylic acids is 1. The predicted molar refractivity (Wildman–Crippen MR) is 74.0 cm³/mol. The number of hydrogen-bond donors (Lipinski definition) is 0. The van der Waals surface area contributed by atoms with Crippen molar-refractivity contribution in [2.45, 2.75) is 27.0 Å². The Kier molecular flexibility index (Phi) is 2.61. The fourth-order valence-corrected chi connectivity index (χ4v) is 3.01. The number of fused-ring (bicyclic) bond motifs is 2. The number of Topliss-reactive ketones (excluding diaryl/α,β-unsaturated/α-hetero) is 1. The fourth-order valence-electron chi connectivity index (χ4n) is 2.86. The summed E-state index contributed by atoms with van der Waals surface area (Å²) in [5, 5.41) is 6.66. The van der Waals surface area contributed by atoms with Gasteiger partial charge < -0.3 is 4.74 Å². The van der Waals surface area contributed by atoms with E-state index in [0.29, 0.717) is 16.3 Å². The smallest absolute Gasteiger partial charge is 0.202 e. The van der Waals surface area contributed by atoms with Crippen LogP contribution in [0.5, 0.6) is 5.75 Å². The first-order chi connectivity index (χ1) is 8.91. The lowest BCUT2D eigenvalue weighted by Crippen LogP contribution is -2.44. The van der Waals surface area contributed by atoms with Crippen LogP contribution in [0.4, 0.5) is 0 Å². The molecule has 3 rings (SSSR count). The molecular formula is C14H15ClN2O2. The van der Waals surface area contributed by atoms with E-state index in [1.807, 2.05) is 33.9 Å². The summed E-state index contributed by atoms with van der Waals surface area (Å²) in [5.41, 5.74) is 3.10. The van der Waals surface area contributed by atoms with E-state index in [2.05, 4.69) is 5.10 Å². The summed E-state index contributed by atoms with van der Waals surface area (Å²) in [5.74, 6) is 0.341. The van der Waals surface area contributed by atoms with Crippen LogP contribution in [0.25, 0.3) is 0 Å². The molecule has 2 aliphatic rings. The molecular weight excluding hydrogens is 264 g/mol. The first-order valence-electron chi connectivity index (χ1n) is 6.20. The zero-order chi connectivity index (χ0) is 13.9. The molecule has 2 aliphatic heterocycles. The van der Waals surface area contributed by atoms with Crippen LogP contribution in [0, 0.1) is 19.8 Å². The van der Waals surface area contributed by atoms with Gasteiger partial charge in [-0.1, -0.05) is 11.6 Å². The Morgan fingerprint density at radius 1 is 1.37 bits per heavy atom. The fraction of sp³-hybridized carbons (Fsp3) is 0.429. The number of ketones is 1. The molecule has 1 aromatic carbocycles. The van der Waals surface area contributed by atoms with Gasteiger partial charge in [-0.15, -0.1) is 0 Å². The van der Waals surface area contributed by atoms with E-state index < -0.39 is 0 Å². The van der Waals surface area contributed by atoms with Gasteiger partial charge in [0.2, 0.25) is 6.23 Å². The topological polar surface area (TPSA) is 41.9 Å². The molecule has 0 bridgehead atoms. The van der Waals surface area contributed by atoms with Crippen LogP contribution in [0.3, 0.4) is 0 Å². The van der Waals surface area contributed by atoms with E-state index in [-0.39, 0.29) is 17.9 Å². The molecule has 2 heterocycles. The van der Waals surface area contributed by atoms with Crippen LogP contribution in [-0.4, -0.2) is 29.8 Å². The largest absolute Gasteiger partial charge is 0.467 e. The summed E-state index contributed by atoms with van der Waals surface area (Å²) in [6, 6.07) is 1.83. The van der Waals surface area contributed by atoms with Crippen molar-refractivity contribution in [1.82, 2.24) is 5.01 Å². The van der Waals surface area contributed by atoms with Crippen LogP contribution in [0.1, 0.15) is 28.4 Å². The summed E-state index contributed by atoms with van der Waals surface area (Å²) in [7, 11) is 1.82. The second-order valence-electron chi connectivity index (χ2n) is 5.17. The third kappa shape index (κ3) is 1.59. The van der Waals surface area contributed by atoms with E-state index >= 15 is 0 Å². The molecule has 2 unspecified atom stereocenters. The molecule has 0 radical (unpaired) electrons. The third-order valence-corrected chi connectivity index (χ3v) is 4.42. The van der Waals surface area contributed by atoms with E-state index in [1.54, 1.807) is 5.01 Å². The van der Waals surface area contributed by atoms with Gasteiger partial charge in [0, 0.05) is 12.1 Å². The summed E-state index contributed by atoms with van der Waals surface area (Å²) < 4.78 is 5.96. The molecule has 2 atom stereocenters. The first kappa shape index (κ1) is 12.5. The molecule has 19 heavy (non-hydrogen) atoms. The number of halogens is 1. The molecule has 1 aromatic rings. The molecule has 0 amide bonds. The second kappa shape index (κ2) is 3.97. The minimum absolute atomic E-state index is 0.0521. The molecule has 0 aliphatic carbocycles. The van der Waals surface area contributed by atoms with Crippen LogP contribution in [-0.2, 0) is 0 Å². The Balaban J connectivity index is 2.19. The van der Waals surface area contributed by atoms with Crippen molar-refractivity contribution in [3.63, 3.8) is 0 Å². The lowest BCUT2D eigenvalue weighted by Gasteiger charge is -2.32. The monoisotopic (exact) mass is 278 g/mol. The number of benzene rings is 1. The molecule has 0 aromatic heterocycles. The molecule has 0 N–H and O–H groups in total. The number of rotatable bonds is 0. The van der Waals surface area contributed by atoms with E-state index in [4.69, 9.17) is 16.3 Å². The lowest BCUT2D eigenvalue weighted by atomic mass is 9.87. The second-order valence-corrected chi connectivity index (χ2v) is 5.55. The standard InChI is InChI=1S/C14H15ClN2O2/c1-6-5-9-10(7(2)12(6)15)13(18)11-8(3)16-17(4)14(11)19-9/h5,11,14H,1-4H3. The van der Waals surface area contributed by atoms with Crippen molar-refractivity contribution in [2.24, 2.45) is 11.0 Å². The lowest BCUT2D eigenvalue weighted by molar-refractivity contribution is 0.0256. The Morgan fingerprint density at radius 2 is 2.05 bits per heavy atom. The summed E-state index contributed by atoms with van der Waals surface area (Å²) in [6.07, 6.45) is -0.333. The van der Waals surface area contributed by atoms with Crippen LogP contribution >= 0.6 is 11.6 Å². The Bertz CT molecular complexity index is 624. The molecule has 5 heteroatoms. The van der Waals surface area contributed by atoms with Crippen LogP contribution < -0.4 is 4.74 Å². The number of aryl methyl sites for hydroxylation is 1. The van der Waals surface area contributed by atoms with Gasteiger partial charge in [-0.25, -0.2) is 0 Å². The first-order valence-corrected chi connectivity index (χ1v) is 6.58. The maximum atomic E-state index is 12.7. The third-order valence-electron chi connectivity index (χ3n) is 3.84. The van der Waals surface area contributed by atoms with Crippen LogP contribution in [0.15, 0.2) is 11.2 Å². The maximum Gasteiger partial charge on any atom is 0.202 e. The van der Waals surface area contributed by atoms with E-state index in [1.165, 1.54) is 0 Å². The van der Waals surface area contributed by atoms with E-state index in [9.17, 15) is 4.79 Å². The highest BCUT2D eigenvalue weighted by molar-refractivity contribution is 6.33. The molecule has 0 saturated carbocycles. The quantitative estimate of drug-likeness (QED) is 0.733. The summed E-state index contributed by atoms with van der Waals surface area (Å²) in [6.45, 7) is 5.63. The van der Waals surface area contributed by atoms with Crippen molar-refractivity contribution in [3.05, 3.63) is 27.8 Å². The van der Waals surface area contributed by atoms with Crippen molar-refractivity contribution >= 4 is 23.1 Å². The molecule has 0 fully saturated rings. The zero-order valence-electron chi connectivity index (χ0n) is 11.3. The van der Waals surface area contributed by atoms with Gasteiger partial charge in [-0.3, -0.25) is 9.80 Å². The highest BCUT2D eigenvalue weighted by Crippen LogP contribution is 2.40. The number of nitrogens with zero attached hydrogens (tertiary/aromatic N) is 2. The number of hydrogen-bond acceptors (Lipinski definition) is 4. The van der Waals surface area contributed by atoms with Gasteiger partial charge >= 0.3 is 0 Å². The summed E-state index contributed by atoms with van der Waals surface area (Å²) >= 11 is 6.24. The highest BCUT2D eigenvalue weighted by atomic mass is 35.5. The number of hydrazone groups is 1. The van der Waals surface area contributed by atoms with Crippen molar-refractivity contribution in [1.29, 1.82) is 0 Å². The van der Waals surface area contributed by atoms with Crippen molar-refractivity contribution < 1.29 is 9.53 Å². The SMILES string of the molecule is CC1=NN(C)C2Oc3cc(C)c(Cl)c(C)c3C(=O)C12. The van der Waals surface area contributed by atoms with Gasteiger partial charge in [0.25, 0.3) is 0 Å². The number of carbonyl (C=O) groups is 1. The van der Waals surface area contributed by atoms with E-state index in [0.717, 1.165) is 16.8 Å². The normalized spacial score (nSPS) is 24.8. The molecule has 4 nitrogen and oxygen atoms in total. The van der Waals surface area contributed by atoms with Crippen molar-refractivity contribution in [3.8, 4) is 5.75 Å². The predicted octanol–water partition coefficient (Wildman–Crippen LogP) is 2.80. The molecule has 0 spiro atoms. The van der Waals surface area contributed by atoms with Gasteiger partial charge in [0.15, 0.2) is 5.78 Å². The maximum absolute atomic E-state index is 12.7. The Morgan fingerprint density at radius 3 is 2.74 bits per heavy atom. The number of ether oxygens (including phenoxy) is 1. The zero-order valence-corrected chi connectivity index (χ0v) is 12.1. The summed E-state index contributed by atoms with van der Waals surface area (Å²) in [4.78, 5) is 12.7. The molecule has 0 saturated heterocycles. The van der Waals surface area contributed by atoms with Gasteiger partial charge in [0.1, 0.15) is 11.7 Å². The Hall–Kier alpha value is -1.55.